The summed E-state index contributed by atoms with van der Waals surface area (Å²) in [5, 5.41) is 8.92. The van der Waals surface area contributed by atoms with Gasteiger partial charge in [-0.2, -0.15) is 23.5 Å². The summed E-state index contributed by atoms with van der Waals surface area (Å²) >= 11 is 4.29. The maximum atomic E-state index is 3.63. The van der Waals surface area contributed by atoms with Crippen molar-refractivity contribution < 1.29 is 0 Å². The van der Waals surface area contributed by atoms with Gasteiger partial charge in [-0.05, 0) is 35.5 Å². The molecule has 0 aromatic carbocycles. The van der Waals surface area contributed by atoms with Crippen LogP contribution in [0.5, 0.6) is 0 Å². The van der Waals surface area contributed by atoms with E-state index in [-0.39, 0.29) is 7.43 Å². The minimum Gasteiger partial charge on any atom is -0.312 e. The van der Waals surface area contributed by atoms with E-state index in [1.54, 1.807) is 0 Å². The molecular weight excluding hydrogens is 464 g/mol. The van der Waals surface area contributed by atoms with Crippen molar-refractivity contribution in [1.29, 1.82) is 0 Å². The molecule has 2 N–H and O–H groups in total. The Morgan fingerprint density at radius 2 is 0.714 bits per heavy atom. The van der Waals surface area contributed by atoms with Crippen molar-refractivity contribution in [2.24, 2.45) is 35.5 Å². The van der Waals surface area contributed by atoms with Crippen molar-refractivity contribution in [1.82, 2.24) is 10.6 Å². The van der Waals surface area contributed by atoms with E-state index in [4.69, 9.17) is 0 Å². The lowest BCUT2D eigenvalue weighted by Crippen LogP contribution is -2.46. The molecule has 0 saturated carbocycles. The fourth-order valence-electron chi connectivity index (χ4n) is 2.94. The van der Waals surface area contributed by atoms with Crippen molar-refractivity contribution in [3.8, 4) is 0 Å². The summed E-state index contributed by atoms with van der Waals surface area (Å²) < 4.78 is 0. The average molecular weight is 537 g/mol. The van der Waals surface area contributed by atoms with Gasteiger partial charge in [0, 0.05) is 47.2 Å². The van der Waals surface area contributed by atoms with Crippen molar-refractivity contribution >= 4 is 23.5 Å². The molecule has 4 heteroatoms. The van der Waals surface area contributed by atoms with Crippen LogP contribution in [0.3, 0.4) is 0 Å². The van der Waals surface area contributed by atoms with Gasteiger partial charge in [-0.1, -0.05) is 118 Å². The van der Waals surface area contributed by atoms with E-state index in [2.05, 4.69) is 131 Å². The Morgan fingerprint density at radius 1 is 0.486 bits per heavy atom. The maximum absolute atomic E-state index is 3.63. The predicted molar refractivity (Wildman–Crippen MR) is 175 cm³/mol. The van der Waals surface area contributed by atoms with Gasteiger partial charge < -0.3 is 10.6 Å². The quantitative estimate of drug-likeness (QED) is 0.373. The van der Waals surface area contributed by atoms with Crippen LogP contribution in [0.25, 0.3) is 0 Å². The van der Waals surface area contributed by atoms with E-state index >= 15 is 0 Å². The first-order valence-electron chi connectivity index (χ1n) is 14.4. The van der Waals surface area contributed by atoms with E-state index in [0.717, 1.165) is 58.1 Å². The standard InChI is InChI=1S/2C10H21NS.2C4H10.C2H6.CH4/c2*1-7(2)9-6-12-10(5-11-9)8(3)4;2*1-4(2)3;1-2;/h2*7-11H,5-6H2,1-4H3;2*4H,1-3H3;1-2H3;1H4. The highest BCUT2D eigenvalue weighted by atomic mass is 32.2. The van der Waals surface area contributed by atoms with Gasteiger partial charge in [0.15, 0.2) is 0 Å². The van der Waals surface area contributed by atoms with Crippen molar-refractivity contribution in [2.75, 3.05) is 24.6 Å². The summed E-state index contributed by atoms with van der Waals surface area (Å²) in [4.78, 5) is 0. The first-order chi connectivity index (χ1) is 15.7. The van der Waals surface area contributed by atoms with Crippen molar-refractivity contribution in [3.63, 3.8) is 0 Å². The Labute approximate surface area is 234 Å². The third kappa shape index (κ3) is 27.5. The highest BCUT2D eigenvalue weighted by Crippen LogP contribution is 2.26. The smallest absolute Gasteiger partial charge is 0.0196 e. The second kappa shape index (κ2) is 26.2. The van der Waals surface area contributed by atoms with Gasteiger partial charge in [-0.25, -0.2) is 0 Å². The number of thioether (sulfide) groups is 2. The van der Waals surface area contributed by atoms with E-state index in [1.807, 2.05) is 13.8 Å². The van der Waals surface area contributed by atoms with Gasteiger partial charge in [-0.15, -0.1) is 0 Å². The van der Waals surface area contributed by atoms with Crippen LogP contribution < -0.4 is 10.6 Å². The van der Waals surface area contributed by atoms with E-state index in [9.17, 15) is 0 Å². The molecule has 2 saturated heterocycles. The third-order valence-corrected chi connectivity index (χ3v) is 8.62. The number of nitrogens with one attached hydrogen (secondary N) is 2. The van der Waals surface area contributed by atoms with Crippen LogP contribution in [0.1, 0.15) is 118 Å². The number of hydrogen-bond acceptors (Lipinski definition) is 4. The Hall–Kier alpha value is 0.620. The molecule has 0 radical (unpaired) electrons. The molecule has 4 atom stereocenters. The zero-order valence-corrected chi connectivity index (χ0v) is 28.1. The number of rotatable bonds is 4. The molecule has 2 rings (SSSR count). The Bertz CT molecular complexity index is 317. The molecule has 2 fully saturated rings. The SMILES string of the molecule is C.CC.CC(C)C.CC(C)C.CC(C)C1CSC(C(C)C)CN1.CC(C)C1CSC(C(C)C)CN1. The molecule has 2 aliphatic rings. The van der Waals surface area contributed by atoms with Gasteiger partial charge in [-0.3, -0.25) is 0 Å². The van der Waals surface area contributed by atoms with Crippen LogP contribution in [0.15, 0.2) is 0 Å². The van der Waals surface area contributed by atoms with Gasteiger partial charge in [0.1, 0.15) is 0 Å². The highest BCUT2D eigenvalue weighted by Gasteiger charge is 2.25. The lowest BCUT2D eigenvalue weighted by Gasteiger charge is -2.33. The third-order valence-electron chi connectivity index (χ3n) is 5.24. The van der Waals surface area contributed by atoms with Crippen LogP contribution in [-0.2, 0) is 0 Å². The molecule has 2 nitrogen and oxygen atoms in total. The van der Waals surface area contributed by atoms with Crippen LogP contribution in [0.2, 0.25) is 0 Å². The fraction of sp³-hybridized carbons (Fsp3) is 1.00. The lowest BCUT2D eigenvalue weighted by molar-refractivity contribution is 0.403. The summed E-state index contributed by atoms with van der Waals surface area (Å²) in [6.45, 7) is 37.9. The minimum atomic E-state index is 0. The summed E-state index contributed by atoms with van der Waals surface area (Å²) in [6, 6.07) is 1.48. The van der Waals surface area contributed by atoms with Crippen molar-refractivity contribution in [2.45, 2.75) is 141 Å². The van der Waals surface area contributed by atoms with Gasteiger partial charge in [0.25, 0.3) is 0 Å². The molecule has 2 heterocycles. The van der Waals surface area contributed by atoms with Crippen LogP contribution >= 0.6 is 23.5 Å². The van der Waals surface area contributed by atoms with Gasteiger partial charge in [0.05, 0.1) is 0 Å². The average Bonchev–Trinajstić information content (AvgIpc) is 2.75. The summed E-state index contributed by atoms with van der Waals surface area (Å²) in [7, 11) is 0. The summed E-state index contributed by atoms with van der Waals surface area (Å²) in [5.74, 6) is 7.45. The second-order valence-electron chi connectivity index (χ2n) is 12.2. The Morgan fingerprint density at radius 3 is 0.829 bits per heavy atom. The number of hydrogen-bond donors (Lipinski definition) is 2. The maximum Gasteiger partial charge on any atom is 0.0196 e. The van der Waals surface area contributed by atoms with Gasteiger partial charge in [0.2, 0.25) is 0 Å². The molecule has 0 bridgehead atoms. The monoisotopic (exact) mass is 537 g/mol. The topological polar surface area (TPSA) is 24.1 Å². The highest BCUT2D eigenvalue weighted by molar-refractivity contribution is 8.00. The molecule has 35 heavy (non-hydrogen) atoms. The van der Waals surface area contributed by atoms with Crippen LogP contribution in [0, 0.1) is 35.5 Å². The van der Waals surface area contributed by atoms with Crippen LogP contribution in [0.4, 0.5) is 0 Å². The molecule has 0 aliphatic carbocycles. The summed E-state index contributed by atoms with van der Waals surface area (Å²) in [5.41, 5.74) is 0. The van der Waals surface area contributed by atoms with Crippen molar-refractivity contribution in [3.05, 3.63) is 0 Å². The molecule has 0 spiro atoms. The van der Waals surface area contributed by atoms with Crippen LogP contribution in [-0.4, -0.2) is 47.2 Å². The molecule has 218 valence electrons. The molecular formula is C31H72N2S2. The first kappa shape index (κ1) is 42.7. The summed E-state index contributed by atoms with van der Waals surface area (Å²) in [6.07, 6.45) is 0. The predicted octanol–water partition coefficient (Wildman–Crippen LogP) is 9.73. The fourth-order valence-corrected chi connectivity index (χ4v) is 6.05. The lowest BCUT2D eigenvalue weighted by atomic mass is 10.0. The second-order valence-corrected chi connectivity index (χ2v) is 14.8. The largest absolute Gasteiger partial charge is 0.312 e. The normalized spacial score (nSPS) is 23.8. The van der Waals surface area contributed by atoms with E-state index < -0.39 is 0 Å². The Balaban J connectivity index is -0.000000196. The van der Waals surface area contributed by atoms with E-state index in [1.165, 1.54) is 24.6 Å². The molecule has 0 aromatic heterocycles. The van der Waals surface area contributed by atoms with E-state index in [0.29, 0.717) is 0 Å². The zero-order chi connectivity index (χ0) is 27.4. The zero-order valence-electron chi connectivity index (χ0n) is 26.4. The molecule has 2 aliphatic heterocycles. The molecule has 4 unspecified atom stereocenters. The molecule has 0 amide bonds. The molecule has 0 aromatic rings. The minimum absolute atomic E-state index is 0. The first-order valence-corrected chi connectivity index (χ1v) is 16.5. The Kier molecular flexibility index (Phi) is 32.0. The van der Waals surface area contributed by atoms with Gasteiger partial charge >= 0.3 is 0 Å².